The van der Waals surface area contributed by atoms with Crippen LogP contribution in [0.3, 0.4) is 0 Å². The highest BCUT2D eigenvalue weighted by atomic mass is 16.6. The Kier molecular flexibility index (Phi) is 3.77. The fourth-order valence-electron chi connectivity index (χ4n) is 1.25. The molecule has 9 heteroatoms. The lowest BCUT2D eigenvalue weighted by atomic mass is 10.1. The van der Waals surface area contributed by atoms with Crippen LogP contribution in [0.15, 0.2) is 12.1 Å². The predicted molar refractivity (Wildman–Crippen MR) is 59.6 cm³/mol. The Morgan fingerprint density at radius 1 is 1.28 bits per heavy atom. The van der Waals surface area contributed by atoms with Crippen molar-refractivity contribution < 1.29 is 19.4 Å². The summed E-state index contributed by atoms with van der Waals surface area (Å²) in [5, 5.41) is 23.5. The van der Waals surface area contributed by atoms with Crippen molar-refractivity contribution in [1.82, 2.24) is 5.32 Å². The standard InChI is InChI=1S/C9H9N3O6/c1-5-3-6(11(14)15)4-7(12(16)17)8(5)18-9(13)10-2/h3-4H,1-2H3,(H,10,13). The highest BCUT2D eigenvalue weighted by molar-refractivity contribution is 5.73. The van der Waals surface area contributed by atoms with E-state index in [1.54, 1.807) is 0 Å². The molecule has 0 fully saturated rings. The first kappa shape index (κ1) is 13.4. The Bertz CT molecular complexity index is 527. The lowest BCUT2D eigenvalue weighted by Gasteiger charge is -2.07. The average Bonchev–Trinajstić information content (AvgIpc) is 2.30. The summed E-state index contributed by atoms with van der Waals surface area (Å²) in [5.41, 5.74) is -0.951. The summed E-state index contributed by atoms with van der Waals surface area (Å²) >= 11 is 0. The number of carbonyl (C=O) groups is 1. The van der Waals surface area contributed by atoms with Gasteiger partial charge in [-0.1, -0.05) is 0 Å². The Hall–Kier alpha value is -2.71. The van der Waals surface area contributed by atoms with E-state index < -0.39 is 27.3 Å². The minimum Gasteiger partial charge on any atom is -0.403 e. The lowest BCUT2D eigenvalue weighted by molar-refractivity contribution is -0.394. The third-order valence-corrected chi connectivity index (χ3v) is 2.05. The first-order chi connectivity index (χ1) is 8.36. The molecule has 1 aromatic rings. The summed E-state index contributed by atoms with van der Waals surface area (Å²) in [6.07, 6.45) is -0.893. The largest absolute Gasteiger partial charge is 0.412 e. The quantitative estimate of drug-likeness (QED) is 0.644. The molecule has 18 heavy (non-hydrogen) atoms. The molecule has 0 saturated heterocycles. The SMILES string of the molecule is CNC(=O)Oc1c(C)cc([N+](=O)[O-])cc1[N+](=O)[O-]. The second-order valence-electron chi connectivity index (χ2n) is 3.26. The van der Waals surface area contributed by atoms with Crippen molar-refractivity contribution in [3.05, 3.63) is 37.9 Å². The van der Waals surface area contributed by atoms with E-state index in [2.05, 4.69) is 5.32 Å². The van der Waals surface area contributed by atoms with Gasteiger partial charge in [-0.05, 0) is 6.92 Å². The number of amides is 1. The van der Waals surface area contributed by atoms with Crippen LogP contribution in [-0.2, 0) is 0 Å². The molecule has 0 radical (unpaired) electrons. The Morgan fingerprint density at radius 3 is 2.33 bits per heavy atom. The van der Waals surface area contributed by atoms with Gasteiger partial charge in [-0.2, -0.15) is 0 Å². The average molecular weight is 255 g/mol. The number of nitrogens with zero attached hydrogens (tertiary/aromatic N) is 2. The van der Waals surface area contributed by atoms with Crippen LogP contribution < -0.4 is 10.1 Å². The van der Waals surface area contributed by atoms with Crippen LogP contribution in [0.2, 0.25) is 0 Å². The van der Waals surface area contributed by atoms with Gasteiger partial charge in [0.15, 0.2) is 0 Å². The Morgan fingerprint density at radius 2 is 1.89 bits per heavy atom. The third kappa shape index (κ3) is 2.70. The van der Waals surface area contributed by atoms with E-state index >= 15 is 0 Å². The first-order valence-corrected chi connectivity index (χ1v) is 4.69. The number of benzene rings is 1. The minimum absolute atomic E-state index is 0.125. The molecule has 0 aliphatic heterocycles. The molecule has 1 amide bonds. The molecule has 0 heterocycles. The van der Waals surface area contributed by atoms with E-state index in [0.29, 0.717) is 0 Å². The smallest absolute Gasteiger partial charge is 0.403 e. The van der Waals surface area contributed by atoms with Crippen molar-refractivity contribution in [2.45, 2.75) is 6.92 Å². The zero-order chi connectivity index (χ0) is 13.9. The van der Waals surface area contributed by atoms with E-state index in [4.69, 9.17) is 4.74 Å². The number of aryl methyl sites for hydroxylation is 1. The molecule has 1 aromatic carbocycles. The molecule has 0 aliphatic carbocycles. The molecule has 9 nitrogen and oxygen atoms in total. The maximum atomic E-state index is 11.0. The Balaban J connectivity index is 3.36. The molecular formula is C9H9N3O6. The van der Waals surface area contributed by atoms with Crippen molar-refractivity contribution in [1.29, 1.82) is 0 Å². The molecule has 0 unspecified atom stereocenters. The normalized spacial score (nSPS) is 9.67. The van der Waals surface area contributed by atoms with Gasteiger partial charge in [0.25, 0.3) is 5.69 Å². The number of nitrogens with one attached hydrogen (secondary N) is 1. The lowest BCUT2D eigenvalue weighted by Crippen LogP contribution is -2.22. The number of rotatable bonds is 3. The topological polar surface area (TPSA) is 125 Å². The van der Waals surface area contributed by atoms with Crippen molar-refractivity contribution in [2.75, 3.05) is 7.05 Å². The van der Waals surface area contributed by atoms with Crippen molar-refractivity contribution >= 4 is 17.5 Å². The monoisotopic (exact) mass is 255 g/mol. The summed E-state index contributed by atoms with van der Waals surface area (Å²) < 4.78 is 4.71. The van der Waals surface area contributed by atoms with Crippen LogP contribution in [0.25, 0.3) is 0 Å². The maximum Gasteiger partial charge on any atom is 0.412 e. The number of hydrogen-bond donors (Lipinski definition) is 1. The van der Waals surface area contributed by atoms with Crippen molar-refractivity contribution in [2.24, 2.45) is 0 Å². The molecule has 0 saturated carbocycles. The van der Waals surface area contributed by atoms with Gasteiger partial charge in [-0.15, -0.1) is 0 Å². The molecule has 0 atom stereocenters. The third-order valence-electron chi connectivity index (χ3n) is 2.05. The van der Waals surface area contributed by atoms with Crippen LogP contribution in [0.1, 0.15) is 5.56 Å². The first-order valence-electron chi connectivity index (χ1n) is 4.69. The molecule has 1 rings (SSSR count). The van der Waals surface area contributed by atoms with Gasteiger partial charge in [0, 0.05) is 18.7 Å². The van der Waals surface area contributed by atoms with Crippen LogP contribution in [0.5, 0.6) is 5.75 Å². The van der Waals surface area contributed by atoms with Gasteiger partial charge in [0.1, 0.15) is 0 Å². The van der Waals surface area contributed by atoms with Gasteiger partial charge in [0.2, 0.25) is 5.75 Å². The molecule has 0 aliphatic rings. The predicted octanol–water partition coefficient (Wildman–Crippen LogP) is 1.53. The number of carbonyl (C=O) groups excluding carboxylic acids is 1. The fraction of sp³-hybridized carbons (Fsp3) is 0.222. The zero-order valence-electron chi connectivity index (χ0n) is 9.50. The fourth-order valence-corrected chi connectivity index (χ4v) is 1.25. The van der Waals surface area contributed by atoms with E-state index in [-0.39, 0.29) is 11.3 Å². The van der Waals surface area contributed by atoms with Gasteiger partial charge >= 0.3 is 11.8 Å². The van der Waals surface area contributed by atoms with E-state index in [9.17, 15) is 25.0 Å². The van der Waals surface area contributed by atoms with Gasteiger partial charge in [0.05, 0.1) is 15.9 Å². The second kappa shape index (κ2) is 5.08. The van der Waals surface area contributed by atoms with Crippen LogP contribution in [0.4, 0.5) is 16.2 Å². The van der Waals surface area contributed by atoms with Gasteiger partial charge in [-0.3, -0.25) is 20.2 Å². The molecule has 1 N–H and O–H groups in total. The zero-order valence-corrected chi connectivity index (χ0v) is 9.50. The molecule has 0 bridgehead atoms. The minimum atomic E-state index is -0.893. The summed E-state index contributed by atoms with van der Waals surface area (Å²) in [6, 6.07) is 1.83. The summed E-state index contributed by atoms with van der Waals surface area (Å²) in [6.45, 7) is 1.37. The highest BCUT2D eigenvalue weighted by Gasteiger charge is 2.25. The molecule has 0 aromatic heterocycles. The number of non-ortho nitro benzene ring substituents is 1. The summed E-state index contributed by atoms with van der Waals surface area (Å²) in [4.78, 5) is 30.8. The van der Waals surface area contributed by atoms with Crippen LogP contribution in [0, 0.1) is 27.2 Å². The van der Waals surface area contributed by atoms with Gasteiger partial charge < -0.3 is 10.1 Å². The van der Waals surface area contributed by atoms with E-state index in [1.165, 1.54) is 14.0 Å². The van der Waals surface area contributed by atoms with Crippen molar-refractivity contribution in [3.63, 3.8) is 0 Å². The summed E-state index contributed by atoms with van der Waals surface area (Å²) in [5.74, 6) is -0.315. The van der Waals surface area contributed by atoms with Gasteiger partial charge in [-0.25, -0.2) is 4.79 Å². The number of hydrogen-bond acceptors (Lipinski definition) is 6. The van der Waals surface area contributed by atoms with Crippen LogP contribution in [-0.4, -0.2) is 23.0 Å². The Labute approximate surface area is 101 Å². The number of nitro benzene ring substituents is 2. The van der Waals surface area contributed by atoms with E-state index in [1.807, 2.05) is 0 Å². The number of ether oxygens (including phenoxy) is 1. The second-order valence-corrected chi connectivity index (χ2v) is 3.26. The van der Waals surface area contributed by atoms with E-state index in [0.717, 1.165) is 12.1 Å². The molecule has 96 valence electrons. The van der Waals surface area contributed by atoms with Crippen LogP contribution >= 0.6 is 0 Å². The molecule has 0 spiro atoms. The highest BCUT2D eigenvalue weighted by Crippen LogP contribution is 2.34. The number of nitro groups is 2. The summed E-state index contributed by atoms with van der Waals surface area (Å²) in [7, 11) is 1.29. The van der Waals surface area contributed by atoms with Crippen molar-refractivity contribution in [3.8, 4) is 5.75 Å². The maximum absolute atomic E-state index is 11.0. The molecular weight excluding hydrogens is 246 g/mol.